The van der Waals surface area contributed by atoms with Gasteiger partial charge in [-0.1, -0.05) is 0 Å². The normalized spacial score (nSPS) is 18.7. The fourth-order valence-corrected chi connectivity index (χ4v) is 2.69. The standard InChI is InChI=1S/C14H16N4O3/c1-9-12(21-8-16-9)13(19)18-6-2-3-10(7-18)11-4-5-15-14(20)17-11/h4-5,8,10H,2-3,6-7H2,1H3,(H,15,17,20). The molecule has 3 heterocycles. The number of aromatic nitrogens is 3. The van der Waals surface area contributed by atoms with E-state index in [1.54, 1.807) is 17.9 Å². The molecule has 1 unspecified atom stereocenters. The molecule has 0 aromatic carbocycles. The van der Waals surface area contributed by atoms with Crippen LogP contribution in [0.15, 0.2) is 27.9 Å². The minimum Gasteiger partial charge on any atom is -0.438 e. The van der Waals surface area contributed by atoms with Crippen LogP contribution in [0.1, 0.15) is 40.7 Å². The number of H-pyrrole nitrogens is 1. The molecule has 1 atom stereocenters. The van der Waals surface area contributed by atoms with Crippen molar-refractivity contribution >= 4 is 5.91 Å². The summed E-state index contributed by atoms with van der Waals surface area (Å²) >= 11 is 0. The summed E-state index contributed by atoms with van der Waals surface area (Å²) in [6, 6.07) is 1.79. The molecule has 110 valence electrons. The summed E-state index contributed by atoms with van der Waals surface area (Å²) in [4.78, 5) is 35.8. The minimum absolute atomic E-state index is 0.113. The lowest BCUT2D eigenvalue weighted by molar-refractivity contribution is 0.0672. The third-order valence-electron chi connectivity index (χ3n) is 3.79. The SMILES string of the molecule is Cc1ncoc1C(=O)N1CCCC(c2ccnc(=O)[nH]2)C1. The molecule has 7 nitrogen and oxygen atoms in total. The molecule has 0 saturated carbocycles. The number of hydrogen-bond donors (Lipinski definition) is 1. The Balaban J connectivity index is 1.79. The lowest BCUT2D eigenvalue weighted by Gasteiger charge is -2.32. The van der Waals surface area contributed by atoms with Gasteiger partial charge >= 0.3 is 5.69 Å². The Morgan fingerprint density at radius 2 is 2.33 bits per heavy atom. The molecule has 1 amide bonds. The van der Waals surface area contributed by atoms with Crippen LogP contribution in [0.3, 0.4) is 0 Å². The Kier molecular flexibility index (Phi) is 3.55. The molecule has 0 spiro atoms. The summed E-state index contributed by atoms with van der Waals surface area (Å²) in [5, 5.41) is 0. The van der Waals surface area contributed by atoms with Crippen molar-refractivity contribution < 1.29 is 9.21 Å². The van der Waals surface area contributed by atoms with E-state index in [1.807, 2.05) is 0 Å². The van der Waals surface area contributed by atoms with Crippen molar-refractivity contribution in [3.63, 3.8) is 0 Å². The van der Waals surface area contributed by atoms with Gasteiger partial charge < -0.3 is 14.3 Å². The average molecular weight is 288 g/mol. The molecular formula is C14H16N4O3. The molecule has 1 N–H and O–H groups in total. The first kappa shape index (κ1) is 13.5. The van der Waals surface area contributed by atoms with E-state index in [2.05, 4.69) is 15.0 Å². The highest BCUT2D eigenvalue weighted by molar-refractivity contribution is 5.92. The Bertz CT molecular complexity index is 706. The van der Waals surface area contributed by atoms with Crippen molar-refractivity contribution in [2.24, 2.45) is 0 Å². The number of amides is 1. The van der Waals surface area contributed by atoms with Gasteiger partial charge in [0.15, 0.2) is 6.39 Å². The van der Waals surface area contributed by atoms with Crippen LogP contribution in [0.2, 0.25) is 0 Å². The molecule has 0 radical (unpaired) electrons. The summed E-state index contributed by atoms with van der Waals surface area (Å²) in [5.41, 5.74) is 1.06. The summed E-state index contributed by atoms with van der Waals surface area (Å²) < 4.78 is 5.17. The Labute approximate surface area is 121 Å². The third kappa shape index (κ3) is 2.72. The van der Waals surface area contributed by atoms with E-state index in [9.17, 15) is 9.59 Å². The summed E-state index contributed by atoms with van der Waals surface area (Å²) in [5.74, 6) is 0.256. The van der Waals surface area contributed by atoms with Gasteiger partial charge in [-0.3, -0.25) is 4.79 Å². The predicted molar refractivity (Wildman–Crippen MR) is 74.0 cm³/mol. The first-order chi connectivity index (χ1) is 10.1. The molecule has 2 aromatic heterocycles. The van der Waals surface area contributed by atoms with E-state index in [4.69, 9.17) is 4.42 Å². The molecule has 1 aliphatic rings. The summed E-state index contributed by atoms with van der Waals surface area (Å²) in [6.07, 6.45) is 4.59. The first-order valence-electron chi connectivity index (χ1n) is 6.89. The van der Waals surface area contributed by atoms with E-state index < -0.39 is 0 Å². The first-order valence-corrected chi connectivity index (χ1v) is 6.89. The number of likely N-dealkylation sites (tertiary alicyclic amines) is 1. The Morgan fingerprint density at radius 1 is 1.48 bits per heavy atom. The van der Waals surface area contributed by atoms with Crippen LogP contribution in [-0.2, 0) is 0 Å². The second-order valence-corrected chi connectivity index (χ2v) is 5.19. The molecule has 1 fully saturated rings. The number of piperidine rings is 1. The van der Waals surface area contributed by atoms with Crippen molar-refractivity contribution in [1.82, 2.24) is 19.9 Å². The highest BCUT2D eigenvalue weighted by Crippen LogP contribution is 2.26. The van der Waals surface area contributed by atoms with Gasteiger partial charge in [-0.2, -0.15) is 0 Å². The second kappa shape index (κ2) is 5.51. The van der Waals surface area contributed by atoms with Crippen LogP contribution in [0.4, 0.5) is 0 Å². The zero-order valence-electron chi connectivity index (χ0n) is 11.7. The maximum Gasteiger partial charge on any atom is 0.345 e. The van der Waals surface area contributed by atoms with E-state index in [1.165, 1.54) is 12.6 Å². The molecule has 0 bridgehead atoms. The number of carbonyl (C=O) groups is 1. The smallest absolute Gasteiger partial charge is 0.345 e. The van der Waals surface area contributed by atoms with Gasteiger partial charge in [0, 0.05) is 30.9 Å². The molecule has 21 heavy (non-hydrogen) atoms. The predicted octanol–water partition coefficient (Wildman–Crippen LogP) is 1.09. The van der Waals surface area contributed by atoms with Gasteiger partial charge in [-0.05, 0) is 25.8 Å². The molecule has 1 saturated heterocycles. The van der Waals surface area contributed by atoms with Gasteiger partial charge in [0.2, 0.25) is 5.76 Å². The van der Waals surface area contributed by atoms with Gasteiger partial charge in [0.1, 0.15) is 0 Å². The van der Waals surface area contributed by atoms with Gasteiger partial charge in [0.05, 0.1) is 5.69 Å². The van der Waals surface area contributed by atoms with Crippen molar-refractivity contribution in [1.29, 1.82) is 0 Å². The minimum atomic E-state index is -0.359. The fraction of sp³-hybridized carbons (Fsp3) is 0.429. The zero-order valence-corrected chi connectivity index (χ0v) is 11.7. The number of nitrogens with zero attached hydrogens (tertiary/aromatic N) is 3. The topological polar surface area (TPSA) is 92.1 Å². The largest absolute Gasteiger partial charge is 0.438 e. The fourth-order valence-electron chi connectivity index (χ4n) is 2.69. The number of rotatable bonds is 2. The number of aromatic amines is 1. The lowest BCUT2D eigenvalue weighted by atomic mass is 9.94. The van der Waals surface area contributed by atoms with Crippen molar-refractivity contribution in [3.8, 4) is 0 Å². The maximum absolute atomic E-state index is 12.4. The van der Waals surface area contributed by atoms with Crippen LogP contribution in [0.25, 0.3) is 0 Å². The van der Waals surface area contributed by atoms with E-state index in [-0.39, 0.29) is 17.5 Å². The van der Waals surface area contributed by atoms with Crippen LogP contribution < -0.4 is 5.69 Å². The van der Waals surface area contributed by atoms with Gasteiger partial charge in [0.25, 0.3) is 5.91 Å². The molecule has 0 aliphatic carbocycles. The van der Waals surface area contributed by atoms with E-state index >= 15 is 0 Å². The molecule has 3 rings (SSSR count). The lowest BCUT2D eigenvalue weighted by Crippen LogP contribution is -2.39. The quantitative estimate of drug-likeness (QED) is 0.893. The van der Waals surface area contributed by atoms with Crippen LogP contribution in [-0.4, -0.2) is 38.8 Å². The Morgan fingerprint density at radius 3 is 3.05 bits per heavy atom. The number of aryl methyl sites for hydroxylation is 1. The second-order valence-electron chi connectivity index (χ2n) is 5.19. The highest BCUT2D eigenvalue weighted by Gasteiger charge is 2.28. The maximum atomic E-state index is 12.4. The zero-order chi connectivity index (χ0) is 14.8. The number of carbonyl (C=O) groups excluding carboxylic acids is 1. The summed E-state index contributed by atoms with van der Waals surface area (Å²) in [7, 11) is 0. The van der Waals surface area contributed by atoms with Crippen molar-refractivity contribution in [3.05, 3.63) is 46.3 Å². The van der Waals surface area contributed by atoms with Crippen molar-refractivity contribution in [2.45, 2.75) is 25.7 Å². The van der Waals surface area contributed by atoms with Crippen molar-refractivity contribution in [2.75, 3.05) is 13.1 Å². The van der Waals surface area contributed by atoms with Crippen LogP contribution in [0, 0.1) is 6.92 Å². The summed E-state index contributed by atoms with van der Waals surface area (Å²) in [6.45, 7) is 2.99. The van der Waals surface area contributed by atoms with Gasteiger partial charge in [-0.25, -0.2) is 14.8 Å². The van der Waals surface area contributed by atoms with Gasteiger partial charge in [-0.15, -0.1) is 0 Å². The average Bonchev–Trinajstić information content (AvgIpc) is 2.93. The highest BCUT2D eigenvalue weighted by atomic mass is 16.3. The monoisotopic (exact) mass is 288 g/mol. The van der Waals surface area contributed by atoms with Crippen LogP contribution >= 0.6 is 0 Å². The van der Waals surface area contributed by atoms with E-state index in [0.29, 0.717) is 24.5 Å². The Hall–Kier alpha value is -2.44. The number of hydrogen-bond acceptors (Lipinski definition) is 5. The third-order valence-corrected chi connectivity index (χ3v) is 3.79. The van der Waals surface area contributed by atoms with Crippen LogP contribution in [0.5, 0.6) is 0 Å². The molecule has 2 aromatic rings. The molecular weight excluding hydrogens is 272 g/mol. The van der Waals surface area contributed by atoms with E-state index in [0.717, 1.165) is 18.5 Å². The number of oxazole rings is 1. The molecule has 1 aliphatic heterocycles. The molecule has 7 heteroatoms. The number of nitrogens with one attached hydrogen (secondary N) is 1.